The summed E-state index contributed by atoms with van der Waals surface area (Å²) in [7, 11) is -2.26. The molecule has 2 aliphatic carbocycles. The van der Waals surface area contributed by atoms with Crippen LogP contribution in [-0.2, 0) is 19.7 Å². The molecule has 0 saturated heterocycles. The zero-order chi connectivity index (χ0) is 28.5. The Morgan fingerprint density at radius 1 is 0.846 bits per heavy atom. The normalized spacial score (nSPS) is 21.2. The summed E-state index contributed by atoms with van der Waals surface area (Å²) in [5, 5.41) is 0. The second-order valence-electron chi connectivity index (χ2n) is 12.3. The predicted octanol–water partition coefficient (Wildman–Crippen LogP) is 7.29. The fourth-order valence-corrected chi connectivity index (χ4v) is 8.54. The van der Waals surface area contributed by atoms with E-state index < -0.39 is 16.0 Å². The highest BCUT2D eigenvalue weighted by Gasteiger charge is 2.49. The van der Waals surface area contributed by atoms with Crippen molar-refractivity contribution in [2.24, 2.45) is 10.8 Å². The standard InChI is InChI=1S/C30H31Br2NO5S/c1-29(2)13-21-26(23(34)15-29)25(27-22(33(21)5)14-30(3,4)16-24(27)35)19-11-17(31)12-20(32)28(19)38-39(36,37)18-9-7-6-8-10-18/h6-12,25H,13-16H2,1-5H3. The number of carbonyl (C=O) groups is 2. The summed E-state index contributed by atoms with van der Waals surface area (Å²) in [4.78, 5) is 29.8. The Morgan fingerprint density at radius 2 is 1.36 bits per heavy atom. The van der Waals surface area contributed by atoms with E-state index in [1.165, 1.54) is 12.1 Å². The van der Waals surface area contributed by atoms with Crippen LogP contribution in [0.15, 0.2) is 78.8 Å². The van der Waals surface area contributed by atoms with Crippen LogP contribution in [0.2, 0.25) is 0 Å². The van der Waals surface area contributed by atoms with Gasteiger partial charge in [-0.1, -0.05) is 61.8 Å². The molecule has 1 aliphatic heterocycles. The van der Waals surface area contributed by atoms with E-state index in [9.17, 15) is 18.0 Å². The van der Waals surface area contributed by atoms with Crippen molar-refractivity contribution in [1.29, 1.82) is 0 Å². The number of ketones is 2. The number of benzene rings is 2. The molecule has 0 aromatic heterocycles. The van der Waals surface area contributed by atoms with E-state index in [1.807, 2.05) is 11.9 Å². The van der Waals surface area contributed by atoms with Crippen molar-refractivity contribution in [1.82, 2.24) is 4.90 Å². The second-order valence-corrected chi connectivity index (χ2v) is 15.6. The van der Waals surface area contributed by atoms with Crippen molar-refractivity contribution in [3.8, 4) is 5.75 Å². The number of hydrogen-bond acceptors (Lipinski definition) is 6. The topological polar surface area (TPSA) is 80.8 Å². The summed E-state index contributed by atoms with van der Waals surface area (Å²) in [5.74, 6) is -0.732. The zero-order valence-electron chi connectivity index (χ0n) is 22.6. The van der Waals surface area contributed by atoms with Crippen LogP contribution < -0.4 is 4.18 Å². The van der Waals surface area contributed by atoms with Crippen LogP contribution in [0.1, 0.15) is 64.9 Å². The van der Waals surface area contributed by atoms with Crippen molar-refractivity contribution in [2.45, 2.75) is 64.2 Å². The molecule has 0 radical (unpaired) electrons. The molecule has 0 amide bonds. The van der Waals surface area contributed by atoms with Gasteiger partial charge in [0.25, 0.3) is 0 Å². The van der Waals surface area contributed by atoms with Crippen molar-refractivity contribution >= 4 is 53.5 Å². The van der Waals surface area contributed by atoms with Crippen LogP contribution in [0.5, 0.6) is 5.75 Å². The van der Waals surface area contributed by atoms with Gasteiger partial charge in [0, 0.05) is 58.4 Å². The Labute approximate surface area is 246 Å². The SMILES string of the molecule is CN1C2=C(C(=O)CC(C)(C)C2)C(c2cc(Br)cc(Br)c2OS(=O)(=O)c2ccccc2)C2=C1CC(C)(C)CC2=O. The third-order valence-electron chi connectivity index (χ3n) is 7.75. The Balaban J connectivity index is 1.78. The molecule has 0 unspecified atom stereocenters. The van der Waals surface area contributed by atoms with Crippen molar-refractivity contribution in [3.63, 3.8) is 0 Å². The lowest BCUT2D eigenvalue weighted by atomic mass is 9.63. The maximum absolute atomic E-state index is 13.9. The number of carbonyl (C=O) groups excluding carboxylic acids is 2. The average molecular weight is 677 g/mol. The molecule has 0 bridgehead atoms. The highest BCUT2D eigenvalue weighted by molar-refractivity contribution is 9.11. The zero-order valence-corrected chi connectivity index (χ0v) is 26.6. The summed E-state index contributed by atoms with van der Waals surface area (Å²) in [6.45, 7) is 8.31. The van der Waals surface area contributed by atoms with E-state index in [4.69, 9.17) is 4.18 Å². The molecular weight excluding hydrogens is 646 g/mol. The van der Waals surface area contributed by atoms with Crippen LogP contribution >= 0.6 is 31.9 Å². The molecular formula is C30H31Br2NO5S. The van der Waals surface area contributed by atoms with Gasteiger partial charge in [-0.05, 0) is 63.9 Å². The van der Waals surface area contributed by atoms with E-state index in [0.29, 0.717) is 51.3 Å². The molecule has 0 saturated carbocycles. The largest absolute Gasteiger partial charge is 0.377 e. The van der Waals surface area contributed by atoms with Crippen molar-refractivity contribution in [2.75, 3.05) is 7.05 Å². The van der Waals surface area contributed by atoms with Gasteiger partial charge in [-0.25, -0.2) is 0 Å². The average Bonchev–Trinajstić information content (AvgIpc) is 2.81. The van der Waals surface area contributed by atoms with Gasteiger partial charge in [0.2, 0.25) is 0 Å². The maximum Gasteiger partial charge on any atom is 0.339 e. The minimum Gasteiger partial charge on any atom is -0.377 e. The number of Topliss-reactive ketones (excluding diaryl/α,β-unsaturated/α-hetero) is 2. The van der Waals surface area contributed by atoms with Crippen molar-refractivity contribution in [3.05, 3.63) is 79.5 Å². The number of halogens is 2. The van der Waals surface area contributed by atoms with Crippen LogP contribution in [-0.4, -0.2) is 31.9 Å². The first-order valence-electron chi connectivity index (χ1n) is 12.8. The first-order chi connectivity index (χ1) is 18.1. The van der Waals surface area contributed by atoms with E-state index in [1.54, 1.807) is 30.3 Å². The number of hydrogen-bond donors (Lipinski definition) is 0. The Hall–Kier alpha value is -2.23. The molecule has 3 aliphatic rings. The number of nitrogens with zero attached hydrogens (tertiary/aromatic N) is 1. The molecule has 39 heavy (non-hydrogen) atoms. The van der Waals surface area contributed by atoms with Crippen LogP contribution in [0, 0.1) is 10.8 Å². The fraction of sp³-hybridized carbons (Fsp3) is 0.400. The van der Waals surface area contributed by atoms with Crippen LogP contribution in [0.3, 0.4) is 0 Å². The second kappa shape index (κ2) is 9.70. The maximum atomic E-state index is 13.9. The summed E-state index contributed by atoms with van der Waals surface area (Å²) < 4.78 is 33.6. The van der Waals surface area contributed by atoms with Gasteiger partial charge >= 0.3 is 10.1 Å². The van der Waals surface area contributed by atoms with Gasteiger partial charge in [-0.2, -0.15) is 8.42 Å². The molecule has 0 fully saturated rings. The third-order valence-corrected chi connectivity index (χ3v) is 10.0. The van der Waals surface area contributed by atoms with Gasteiger partial charge in [0.05, 0.1) is 4.47 Å². The highest BCUT2D eigenvalue weighted by Crippen LogP contribution is 2.56. The Kier molecular flexibility index (Phi) is 7.04. The first-order valence-corrected chi connectivity index (χ1v) is 15.8. The lowest BCUT2D eigenvalue weighted by Gasteiger charge is -2.48. The van der Waals surface area contributed by atoms with Gasteiger partial charge in [-0.15, -0.1) is 0 Å². The Bertz CT molecular complexity index is 1520. The molecule has 9 heteroatoms. The van der Waals surface area contributed by atoms with Gasteiger partial charge in [0.1, 0.15) is 4.90 Å². The lowest BCUT2D eigenvalue weighted by Crippen LogP contribution is -2.43. The predicted molar refractivity (Wildman–Crippen MR) is 157 cm³/mol. The lowest BCUT2D eigenvalue weighted by molar-refractivity contribution is -0.119. The molecule has 2 aromatic carbocycles. The van der Waals surface area contributed by atoms with E-state index in [-0.39, 0.29) is 33.0 Å². The molecule has 206 valence electrons. The van der Waals surface area contributed by atoms with Crippen molar-refractivity contribution < 1.29 is 22.2 Å². The highest BCUT2D eigenvalue weighted by atomic mass is 79.9. The molecule has 6 nitrogen and oxygen atoms in total. The van der Waals surface area contributed by atoms with E-state index >= 15 is 0 Å². The fourth-order valence-electron chi connectivity index (χ4n) is 6.10. The summed E-state index contributed by atoms with van der Waals surface area (Å²) in [6.07, 6.45) is 2.01. The summed E-state index contributed by atoms with van der Waals surface area (Å²) in [5.41, 5.74) is 2.86. The molecule has 2 aromatic rings. The molecule has 1 heterocycles. The van der Waals surface area contributed by atoms with Gasteiger partial charge in [0.15, 0.2) is 17.3 Å². The smallest absolute Gasteiger partial charge is 0.339 e. The summed E-state index contributed by atoms with van der Waals surface area (Å²) in [6, 6.07) is 11.4. The molecule has 5 rings (SSSR count). The van der Waals surface area contributed by atoms with Crippen LogP contribution in [0.4, 0.5) is 0 Å². The molecule has 0 atom stereocenters. The summed E-state index contributed by atoms with van der Waals surface area (Å²) >= 11 is 7.06. The monoisotopic (exact) mass is 675 g/mol. The Morgan fingerprint density at radius 3 is 1.87 bits per heavy atom. The molecule has 0 spiro atoms. The van der Waals surface area contributed by atoms with E-state index in [2.05, 4.69) is 59.6 Å². The van der Waals surface area contributed by atoms with Gasteiger partial charge < -0.3 is 9.08 Å². The quantitative estimate of drug-likeness (QED) is 0.317. The van der Waals surface area contributed by atoms with Gasteiger partial charge in [-0.3, -0.25) is 9.59 Å². The minimum atomic E-state index is -4.20. The third kappa shape index (κ3) is 5.18. The number of rotatable bonds is 4. The van der Waals surface area contributed by atoms with E-state index in [0.717, 1.165) is 11.4 Å². The first kappa shape index (κ1) is 28.3. The van der Waals surface area contributed by atoms with Crippen LogP contribution in [0.25, 0.3) is 0 Å². The number of allylic oxidation sites excluding steroid dienone is 4. The molecule has 0 N–H and O–H groups in total. The minimum absolute atomic E-state index is 0.0138.